The number of benzene rings is 1. The Hall–Kier alpha value is -1.40. The number of sulfonamides is 1. The Bertz CT molecular complexity index is 661. The number of hydrogen-bond acceptors (Lipinski definition) is 3. The molecule has 2 aliphatic rings. The summed E-state index contributed by atoms with van der Waals surface area (Å²) in [5, 5.41) is 9.28. The molecule has 0 atom stereocenters. The smallest absolute Gasteiger partial charge is 0.314 e. The van der Waals surface area contributed by atoms with E-state index >= 15 is 0 Å². The molecule has 1 aliphatic heterocycles. The molecular formula is C13H15NO4S. The van der Waals surface area contributed by atoms with Gasteiger partial charge in [-0.15, -0.1) is 0 Å². The van der Waals surface area contributed by atoms with Crippen LogP contribution in [0, 0.1) is 0 Å². The van der Waals surface area contributed by atoms with E-state index < -0.39 is 21.4 Å². The number of carboxylic acids is 1. The molecule has 0 bridgehead atoms. The van der Waals surface area contributed by atoms with Gasteiger partial charge < -0.3 is 5.11 Å². The fraction of sp³-hybridized carbons (Fsp3) is 0.462. The summed E-state index contributed by atoms with van der Waals surface area (Å²) >= 11 is 0. The zero-order chi connectivity index (χ0) is 13.8. The Morgan fingerprint density at radius 3 is 2.42 bits per heavy atom. The standard InChI is InChI=1S/C13H15NO4S/c1-19(17,18)14-7-9-2-3-11(6-10(9)8-14)13(4-5-13)12(15)16/h2-3,6H,4-5,7-8H2,1H3,(H,15,16). The summed E-state index contributed by atoms with van der Waals surface area (Å²) in [5.74, 6) is -0.787. The molecule has 0 saturated heterocycles. The maximum Gasteiger partial charge on any atom is 0.314 e. The van der Waals surface area contributed by atoms with Crippen LogP contribution < -0.4 is 0 Å². The summed E-state index contributed by atoms with van der Waals surface area (Å²) in [6, 6.07) is 5.55. The molecule has 3 rings (SSSR count). The van der Waals surface area contributed by atoms with Gasteiger partial charge in [0, 0.05) is 13.1 Å². The van der Waals surface area contributed by atoms with Gasteiger partial charge in [0.1, 0.15) is 0 Å². The largest absolute Gasteiger partial charge is 0.481 e. The van der Waals surface area contributed by atoms with Crippen molar-refractivity contribution in [2.24, 2.45) is 0 Å². The van der Waals surface area contributed by atoms with E-state index in [0.717, 1.165) is 16.7 Å². The third-order valence-electron chi connectivity index (χ3n) is 4.08. The third kappa shape index (κ3) is 1.95. The molecule has 0 spiro atoms. The second-order valence-corrected chi connectivity index (χ2v) is 7.38. The van der Waals surface area contributed by atoms with Gasteiger partial charge in [0.05, 0.1) is 11.7 Å². The average Bonchev–Trinajstić information content (AvgIpc) is 3.01. The van der Waals surface area contributed by atoms with Crippen LogP contribution in [-0.2, 0) is 33.3 Å². The third-order valence-corrected chi connectivity index (χ3v) is 5.28. The molecule has 1 heterocycles. The molecule has 6 heteroatoms. The van der Waals surface area contributed by atoms with Crippen LogP contribution >= 0.6 is 0 Å². The van der Waals surface area contributed by atoms with E-state index in [4.69, 9.17) is 0 Å². The predicted molar refractivity (Wildman–Crippen MR) is 69.1 cm³/mol. The first-order chi connectivity index (χ1) is 8.83. The van der Waals surface area contributed by atoms with Crippen molar-refractivity contribution in [3.63, 3.8) is 0 Å². The van der Waals surface area contributed by atoms with E-state index in [9.17, 15) is 18.3 Å². The Kier molecular flexibility index (Phi) is 2.53. The molecule has 102 valence electrons. The highest BCUT2D eigenvalue weighted by molar-refractivity contribution is 7.88. The zero-order valence-electron chi connectivity index (χ0n) is 10.6. The van der Waals surface area contributed by atoms with Crippen LogP contribution in [0.2, 0.25) is 0 Å². The van der Waals surface area contributed by atoms with Crippen molar-refractivity contribution in [1.29, 1.82) is 0 Å². The number of carboxylic acid groups (broad SMARTS) is 1. The first-order valence-electron chi connectivity index (χ1n) is 6.14. The fourth-order valence-electron chi connectivity index (χ4n) is 2.65. The van der Waals surface area contributed by atoms with Crippen LogP contribution in [0.5, 0.6) is 0 Å². The van der Waals surface area contributed by atoms with E-state index in [1.165, 1.54) is 10.6 Å². The minimum Gasteiger partial charge on any atom is -0.481 e. The molecule has 1 fully saturated rings. The van der Waals surface area contributed by atoms with Gasteiger partial charge in [0.25, 0.3) is 0 Å². The molecule has 19 heavy (non-hydrogen) atoms. The molecule has 1 aromatic rings. The van der Waals surface area contributed by atoms with Gasteiger partial charge in [-0.05, 0) is 29.5 Å². The van der Waals surface area contributed by atoms with Crippen molar-refractivity contribution >= 4 is 16.0 Å². The van der Waals surface area contributed by atoms with E-state index in [-0.39, 0.29) is 0 Å². The minimum atomic E-state index is -3.20. The maximum atomic E-state index is 11.5. The van der Waals surface area contributed by atoms with Gasteiger partial charge >= 0.3 is 5.97 Å². The van der Waals surface area contributed by atoms with Crippen molar-refractivity contribution < 1.29 is 18.3 Å². The Morgan fingerprint density at radius 1 is 1.26 bits per heavy atom. The maximum absolute atomic E-state index is 11.5. The highest BCUT2D eigenvalue weighted by atomic mass is 32.2. The molecule has 0 radical (unpaired) electrons. The van der Waals surface area contributed by atoms with Gasteiger partial charge in [0.2, 0.25) is 10.0 Å². The van der Waals surface area contributed by atoms with Crippen molar-refractivity contribution in [2.45, 2.75) is 31.3 Å². The van der Waals surface area contributed by atoms with Crippen LogP contribution in [0.4, 0.5) is 0 Å². The van der Waals surface area contributed by atoms with E-state index in [1.807, 2.05) is 18.2 Å². The molecule has 0 amide bonds. The topological polar surface area (TPSA) is 74.7 Å². The van der Waals surface area contributed by atoms with Crippen molar-refractivity contribution in [2.75, 3.05) is 6.26 Å². The predicted octanol–water partition coefficient (Wildman–Crippen LogP) is 1.08. The summed E-state index contributed by atoms with van der Waals surface area (Å²) in [4.78, 5) is 11.3. The lowest BCUT2D eigenvalue weighted by atomic mass is 9.93. The summed E-state index contributed by atoms with van der Waals surface area (Å²) in [5.41, 5.74) is 1.97. The molecule has 0 aromatic heterocycles. The van der Waals surface area contributed by atoms with Gasteiger partial charge in [0.15, 0.2) is 0 Å². The summed E-state index contributed by atoms with van der Waals surface area (Å²) in [7, 11) is -3.20. The summed E-state index contributed by atoms with van der Waals surface area (Å²) in [6.45, 7) is 0.728. The normalized spacial score (nSPS) is 21.1. The summed E-state index contributed by atoms with van der Waals surface area (Å²) in [6.07, 6.45) is 2.52. The average molecular weight is 281 g/mol. The lowest BCUT2D eigenvalue weighted by molar-refractivity contribution is -0.140. The van der Waals surface area contributed by atoms with Crippen molar-refractivity contribution in [3.8, 4) is 0 Å². The van der Waals surface area contributed by atoms with Crippen LogP contribution in [0.3, 0.4) is 0 Å². The second kappa shape index (κ2) is 3.80. The number of fused-ring (bicyclic) bond motifs is 1. The van der Waals surface area contributed by atoms with Crippen LogP contribution in [-0.4, -0.2) is 30.1 Å². The van der Waals surface area contributed by atoms with Gasteiger partial charge in [-0.2, -0.15) is 4.31 Å². The van der Waals surface area contributed by atoms with Crippen molar-refractivity contribution in [1.82, 2.24) is 4.31 Å². The lowest BCUT2D eigenvalue weighted by Gasteiger charge is -2.11. The van der Waals surface area contributed by atoms with Crippen LogP contribution in [0.25, 0.3) is 0 Å². The molecular weight excluding hydrogens is 266 g/mol. The number of carbonyl (C=O) groups is 1. The molecule has 0 unspecified atom stereocenters. The lowest BCUT2D eigenvalue weighted by Crippen LogP contribution is -2.23. The summed E-state index contributed by atoms with van der Waals surface area (Å²) < 4.78 is 24.5. The molecule has 1 N–H and O–H groups in total. The molecule has 1 aromatic carbocycles. The first kappa shape index (κ1) is 12.6. The Balaban J connectivity index is 1.95. The molecule has 1 aliphatic carbocycles. The minimum absolute atomic E-state index is 0.345. The number of rotatable bonds is 3. The van der Waals surface area contributed by atoms with E-state index in [2.05, 4.69) is 0 Å². The Labute approximate surface area is 111 Å². The second-order valence-electron chi connectivity index (χ2n) is 5.40. The molecule has 1 saturated carbocycles. The Morgan fingerprint density at radius 2 is 1.89 bits per heavy atom. The zero-order valence-corrected chi connectivity index (χ0v) is 11.4. The number of aliphatic carboxylic acids is 1. The fourth-order valence-corrected chi connectivity index (χ4v) is 3.39. The van der Waals surface area contributed by atoms with Crippen LogP contribution in [0.1, 0.15) is 29.5 Å². The quantitative estimate of drug-likeness (QED) is 0.899. The van der Waals surface area contributed by atoms with Gasteiger partial charge in [-0.3, -0.25) is 4.79 Å². The van der Waals surface area contributed by atoms with Gasteiger partial charge in [-0.25, -0.2) is 8.42 Å². The van der Waals surface area contributed by atoms with E-state index in [1.54, 1.807) is 0 Å². The number of nitrogens with zero attached hydrogens (tertiary/aromatic N) is 1. The van der Waals surface area contributed by atoms with Crippen molar-refractivity contribution in [3.05, 3.63) is 34.9 Å². The highest BCUT2D eigenvalue weighted by Gasteiger charge is 2.52. The van der Waals surface area contributed by atoms with E-state index in [0.29, 0.717) is 25.9 Å². The number of hydrogen-bond donors (Lipinski definition) is 1. The van der Waals surface area contributed by atoms with Gasteiger partial charge in [-0.1, -0.05) is 18.2 Å². The first-order valence-corrected chi connectivity index (χ1v) is 7.98. The highest BCUT2D eigenvalue weighted by Crippen LogP contribution is 2.49. The monoisotopic (exact) mass is 281 g/mol. The van der Waals surface area contributed by atoms with Crippen LogP contribution in [0.15, 0.2) is 18.2 Å². The SMILES string of the molecule is CS(=O)(=O)N1Cc2ccc(C3(C(=O)O)CC3)cc2C1. The molecule has 5 nitrogen and oxygen atoms in total.